The molecule has 0 bridgehead atoms. The molecule has 2 fully saturated rings. The lowest BCUT2D eigenvalue weighted by atomic mass is 9.65. The lowest BCUT2D eigenvalue weighted by Gasteiger charge is -2.48. The highest BCUT2D eigenvalue weighted by molar-refractivity contribution is 7.54. The fourth-order valence-electron chi connectivity index (χ4n) is 5.51. The summed E-state index contributed by atoms with van der Waals surface area (Å²) in [5.41, 5.74) is 1.24. The molecule has 1 spiro atoms. The van der Waals surface area contributed by atoms with E-state index in [0.29, 0.717) is 19.1 Å². The monoisotopic (exact) mass is 380 g/mol. The second-order valence-electron chi connectivity index (χ2n) is 7.56. The summed E-state index contributed by atoms with van der Waals surface area (Å²) in [5, 5.41) is 0. The minimum Gasteiger partial charge on any atom is -0.496 e. The van der Waals surface area contributed by atoms with Crippen LogP contribution in [0.4, 0.5) is 0 Å². The van der Waals surface area contributed by atoms with Crippen molar-refractivity contribution in [2.24, 2.45) is 5.41 Å². The van der Waals surface area contributed by atoms with Crippen LogP contribution in [0.2, 0.25) is 0 Å². The third kappa shape index (κ3) is 3.48. The van der Waals surface area contributed by atoms with Gasteiger partial charge in [-0.2, -0.15) is 0 Å². The fourth-order valence-corrected chi connectivity index (χ4v) is 8.23. The maximum Gasteiger partial charge on any atom is 0.334 e. The van der Waals surface area contributed by atoms with E-state index < -0.39 is 7.60 Å². The van der Waals surface area contributed by atoms with Crippen LogP contribution in [0.5, 0.6) is 5.75 Å². The first-order valence-electron chi connectivity index (χ1n) is 10.1. The fraction of sp³-hybridized carbons (Fsp3) is 0.714. The summed E-state index contributed by atoms with van der Waals surface area (Å²) in [5.74, 6) is 1.31. The van der Waals surface area contributed by atoms with E-state index in [9.17, 15) is 4.57 Å². The van der Waals surface area contributed by atoms with Crippen LogP contribution in [-0.4, -0.2) is 26.0 Å². The molecular formula is C21H33O4P. The molecular weight excluding hydrogens is 347 g/mol. The van der Waals surface area contributed by atoms with Crippen LogP contribution in [0.1, 0.15) is 70.3 Å². The van der Waals surface area contributed by atoms with Gasteiger partial charge in [-0.15, -0.1) is 0 Å². The molecule has 0 amide bonds. The van der Waals surface area contributed by atoms with Gasteiger partial charge in [0.25, 0.3) is 0 Å². The highest BCUT2D eigenvalue weighted by Crippen LogP contribution is 2.70. The molecule has 2 saturated carbocycles. The average Bonchev–Trinajstić information content (AvgIpc) is 3.05. The van der Waals surface area contributed by atoms with Crippen molar-refractivity contribution in [1.29, 1.82) is 0 Å². The lowest BCUT2D eigenvalue weighted by Crippen LogP contribution is -2.41. The number of methoxy groups -OCH3 is 1. The van der Waals surface area contributed by atoms with E-state index in [1.54, 1.807) is 7.11 Å². The Morgan fingerprint density at radius 1 is 1.04 bits per heavy atom. The van der Waals surface area contributed by atoms with Gasteiger partial charge in [0.05, 0.1) is 26.0 Å². The lowest BCUT2D eigenvalue weighted by molar-refractivity contribution is 0.127. The Balaban J connectivity index is 2.04. The maximum absolute atomic E-state index is 13.8. The van der Waals surface area contributed by atoms with Crippen molar-refractivity contribution < 1.29 is 18.3 Å². The first kappa shape index (κ1) is 19.9. The third-order valence-electron chi connectivity index (χ3n) is 6.38. The first-order valence-corrected chi connectivity index (χ1v) is 11.7. The highest BCUT2D eigenvalue weighted by Gasteiger charge is 2.57. The van der Waals surface area contributed by atoms with Gasteiger partial charge < -0.3 is 13.8 Å². The maximum atomic E-state index is 13.8. The number of hydrogen-bond acceptors (Lipinski definition) is 4. The summed E-state index contributed by atoms with van der Waals surface area (Å²) >= 11 is 0. The SMILES string of the molecule is CCOP(=O)(OCC)[C@@H]1CCCC[C@@]12CCC[C@H]2c1ccccc1OC. The highest BCUT2D eigenvalue weighted by atomic mass is 31.2. The van der Waals surface area contributed by atoms with Crippen molar-refractivity contribution in [1.82, 2.24) is 0 Å². The minimum atomic E-state index is -3.13. The zero-order chi connectivity index (χ0) is 18.6. The van der Waals surface area contributed by atoms with Crippen LogP contribution in [0.15, 0.2) is 24.3 Å². The molecule has 2 aliphatic carbocycles. The van der Waals surface area contributed by atoms with E-state index in [1.165, 1.54) is 12.0 Å². The minimum absolute atomic E-state index is 0.00719. The van der Waals surface area contributed by atoms with Gasteiger partial charge in [-0.3, -0.25) is 4.57 Å². The number of benzene rings is 1. The first-order chi connectivity index (χ1) is 12.6. The topological polar surface area (TPSA) is 44.8 Å². The molecule has 0 N–H and O–H groups in total. The van der Waals surface area contributed by atoms with E-state index in [-0.39, 0.29) is 11.1 Å². The van der Waals surface area contributed by atoms with Crippen molar-refractivity contribution in [2.45, 2.75) is 70.4 Å². The quantitative estimate of drug-likeness (QED) is 0.532. The Morgan fingerprint density at radius 2 is 1.73 bits per heavy atom. The Morgan fingerprint density at radius 3 is 2.42 bits per heavy atom. The molecule has 0 saturated heterocycles. The zero-order valence-corrected chi connectivity index (χ0v) is 17.3. The van der Waals surface area contributed by atoms with Gasteiger partial charge in [-0.1, -0.05) is 37.5 Å². The predicted octanol–water partition coefficient (Wildman–Crippen LogP) is 6.16. The molecule has 146 valence electrons. The molecule has 3 atom stereocenters. The Hall–Kier alpha value is -0.830. The van der Waals surface area contributed by atoms with Crippen LogP contribution in [0.3, 0.4) is 0 Å². The molecule has 1 aromatic rings. The van der Waals surface area contributed by atoms with E-state index in [0.717, 1.165) is 44.3 Å². The molecule has 0 radical (unpaired) electrons. The van der Waals surface area contributed by atoms with Crippen molar-refractivity contribution in [2.75, 3.05) is 20.3 Å². The second kappa shape index (κ2) is 8.46. The van der Waals surface area contributed by atoms with Crippen molar-refractivity contribution >= 4 is 7.60 Å². The van der Waals surface area contributed by atoms with Crippen LogP contribution in [0.25, 0.3) is 0 Å². The molecule has 0 unspecified atom stereocenters. The molecule has 1 aromatic carbocycles. The molecule has 0 heterocycles. The van der Waals surface area contributed by atoms with E-state index in [1.807, 2.05) is 26.0 Å². The van der Waals surface area contributed by atoms with E-state index in [4.69, 9.17) is 13.8 Å². The number of para-hydroxylation sites is 1. The van der Waals surface area contributed by atoms with Gasteiger partial charge in [0, 0.05) is 0 Å². The van der Waals surface area contributed by atoms with Crippen LogP contribution in [0, 0.1) is 5.41 Å². The van der Waals surface area contributed by atoms with Gasteiger partial charge in [-0.25, -0.2) is 0 Å². The number of ether oxygens (including phenoxy) is 1. The standard InChI is InChI=1S/C21H33O4P/c1-4-24-26(22,25-5-2)20-14-8-9-15-21(20)16-10-12-18(21)17-11-6-7-13-19(17)23-3/h6-7,11,13,18,20H,4-5,8-10,12,14-16H2,1-3H3/t18-,20+,21-/m0/s1. The van der Waals surface area contributed by atoms with E-state index >= 15 is 0 Å². The van der Waals surface area contributed by atoms with Gasteiger partial charge >= 0.3 is 7.60 Å². The third-order valence-corrected chi connectivity index (χ3v) is 9.15. The zero-order valence-electron chi connectivity index (χ0n) is 16.4. The normalized spacial score (nSPS) is 29.2. The van der Waals surface area contributed by atoms with Gasteiger partial charge in [-0.05, 0) is 62.5 Å². The molecule has 3 rings (SSSR count). The van der Waals surface area contributed by atoms with Crippen molar-refractivity contribution in [3.8, 4) is 5.75 Å². The van der Waals surface area contributed by atoms with Gasteiger partial charge in [0.1, 0.15) is 5.75 Å². The molecule has 4 nitrogen and oxygen atoms in total. The molecule has 26 heavy (non-hydrogen) atoms. The van der Waals surface area contributed by atoms with Crippen LogP contribution < -0.4 is 4.74 Å². The smallest absolute Gasteiger partial charge is 0.334 e. The Bertz CT molecular complexity index is 637. The van der Waals surface area contributed by atoms with E-state index in [2.05, 4.69) is 12.1 Å². The summed E-state index contributed by atoms with van der Waals surface area (Å²) in [7, 11) is -1.39. The van der Waals surface area contributed by atoms with Crippen molar-refractivity contribution in [3.63, 3.8) is 0 Å². The largest absolute Gasteiger partial charge is 0.496 e. The predicted molar refractivity (Wildman–Crippen MR) is 105 cm³/mol. The molecule has 0 aliphatic heterocycles. The van der Waals surface area contributed by atoms with Crippen LogP contribution >= 0.6 is 7.60 Å². The Kier molecular flexibility index (Phi) is 6.48. The second-order valence-corrected chi connectivity index (χ2v) is 9.78. The Labute approximate surface area is 158 Å². The number of hydrogen-bond donors (Lipinski definition) is 0. The van der Waals surface area contributed by atoms with Gasteiger partial charge in [0.2, 0.25) is 0 Å². The van der Waals surface area contributed by atoms with Gasteiger partial charge in [0.15, 0.2) is 0 Å². The molecule has 5 heteroatoms. The summed E-state index contributed by atoms with van der Waals surface area (Å²) < 4.78 is 31.1. The molecule has 0 aromatic heterocycles. The summed E-state index contributed by atoms with van der Waals surface area (Å²) in [6, 6.07) is 8.35. The molecule has 2 aliphatic rings. The summed E-state index contributed by atoms with van der Waals surface area (Å²) in [6.07, 6.45) is 7.72. The van der Waals surface area contributed by atoms with Crippen molar-refractivity contribution in [3.05, 3.63) is 29.8 Å². The number of rotatable bonds is 7. The summed E-state index contributed by atoms with van der Waals surface area (Å²) in [6.45, 7) is 4.69. The van der Waals surface area contributed by atoms with Crippen LogP contribution in [-0.2, 0) is 13.6 Å². The average molecular weight is 380 g/mol. The summed E-state index contributed by atoms with van der Waals surface area (Å²) in [4.78, 5) is 0.